The van der Waals surface area contributed by atoms with Gasteiger partial charge in [0.05, 0.1) is 12.2 Å². The molecular weight excluding hydrogens is 244 g/mol. The molecule has 0 aliphatic rings. The van der Waals surface area contributed by atoms with E-state index >= 15 is 0 Å². The van der Waals surface area contributed by atoms with Crippen molar-refractivity contribution in [2.45, 2.75) is 12.8 Å². The highest BCUT2D eigenvalue weighted by Gasteiger charge is 2.27. The van der Waals surface area contributed by atoms with E-state index in [-0.39, 0.29) is 11.1 Å². The Bertz CT molecular complexity index is 415. The molecular formula is C10H8F4O3. The van der Waals surface area contributed by atoms with Crippen molar-refractivity contribution in [3.63, 3.8) is 0 Å². The molecule has 94 valence electrons. The van der Waals surface area contributed by atoms with E-state index in [9.17, 15) is 22.4 Å². The normalized spacial score (nSPS) is 11.5. The Kier molecular flexibility index (Phi) is 4.06. The molecule has 17 heavy (non-hydrogen) atoms. The van der Waals surface area contributed by atoms with E-state index in [4.69, 9.17) is 5.11 Å². The number of rotatable bonds is 4. The molecule has 3 nitrogen and oxygen atoms in total. The lowest BCUT2D eigenvalue weighted by Crippen LogP contribution is -2.16. The van der Waals surface area contributed by atoms with Crippen LogP contribution in [-0.4, -0.2) is 23.9 Å². The largest absolute Gasteiger partial charge is 0.478 e. The summed E-state index contributed by atoms with van der Waals surface area (Å²) < 4.78 is 52.5. The van der Waals surface area contributed by atoms with Gasteiger partial charge in [-0.05, 0) is 23.8 Å². The smallest absolute Gasteiger partial charge is 0.411 e. The molecule has 0 saturated heterocycles. The van der Waals surface area contributed by atoms with E-state index in [1.54, 1.807) is 0 Å². The first-order chi connectivity index (χ1) is 7.78. The molecule has 0 aliphatic carbocycles. The minimum Gasteiger partial charge on any atom is -0.478 e. The van der Waals surface area contributed by atoms with Crippen LogP contribution in [0.4, 0.5) is 17.6 Å². The molecule has 0 heterocycles. The molecule has 1 aromatic rings. The van der Waals surface area contributed by atoms with Crippen LogP contribution in [0.1, 0.15) is 15.9 Å². The molecule has 0 bridgehead atoms. The third kappa shape index (κ3) is 4.81. The van der Waals surface area contributed by atoms with E-state index in [0.717, 1.165) is 18.2 Å². The molecule has 0 aromatic heterocycles. The Morgan fingerprint density at radius 3 is 2.47 bits per heavy atom. The van der Waals surface area contributed by atoms with Gasteiger partial charge < -0.3 is 9.84 Å². The molecule has 1 aromatic carbocycles. The van der Waals surface area contributed by atoms with Gasteiger partial charge >= 0.3 is 12.1 Å². The van der Waals surface area contributed by atoms with Crippen molar-refractivity contribution < 1.29 is 32.2 Å². The maximum atomic E-state index is 12.9. The summed E-state index contributed by atoms with van der Waals surface area (Å²) in [5.74, 6) is -2.20. The molecule has 0 radical (unpaired) electrons. The maximum Gasteiger partial charge on any atom is 0.411 e. The van der Waals surface area contributed by atoms with E-state index in [1.165, 1.54) is 0 Å². The number of carboxylic acids is 1. The minimum atomic E-state index is -4.47. The summed E-state index contributed by atoms with van der Waals surface area (Å²) in [6.45, 7) is -1.97. The van der Waals surface area contributed by atoms with Gasteiger partial charge in [-0.3, -0.25) is 0 Å². The Morgan fingerprint density at radius 2 is 1.94 bits per heavy atom. The maximum absolute atomic E-state index is 12.9. The average Bonchev–Trinajstić information content (AvgIpc) is 2.14. The zero-order chi connectivity index (χ0) is 13.1. The summed E-state index contributed by atoms with van der Waals surface area (Å²) in [7, 11) is 0. The molecule has 0 fully saturated rings. The predicted molar refractivity (Wildman–Crippen MR) is 49.1 cm³/mol. The van der Waals surface area contributed by atoms with Gasteiger partial charge in [-0.25, -0.2) is 9.18 Å². The highest BCUT2D eigenvalue weighted by molar-refractivity contribution is 5.87. The number of carbonyl (C=O) groups is 1. The van der Waals surface area contributed by atoms with E-state index in [1.807, 2.05) is 0 Å². The Morgan fingerprint density at radius 1 is 1.29 bits per heavy atom. The van der Waals surface area contributed by atoms with Gasteiger partial charge in [-0.15, -0.1) is 0 Å². The van der Waals surface area contributed by atoms with Crippen LogP contribution >= 0.6 is 0 Å². The van der Waals surface area contributed by atoms with E-state index in [2.05, 4.69) is 4.74 Å². The lowest BCUT2D eigenvalue weighted by Gasteiger charge is -2.08. The number of aromatic carboxylic acids is 1. The molecule has 0 atom stereocenters. The highest BCUT2D eigenvalue weighted by Crippen LogP contribution is 2.16. The average molecular weight is 252 g/mol. The summed E-state index contributed by atoms with van der Waals surface area (Å²) in [5.41, 5.74) is -0.303. The van der Waals surface area contributed by atoms with Crippen LogP contribution in [0.5, 0.6) is 0 Å². The zero-order valence-corrected chi connectivity index (χ0v) is 8.42. The van der Waals surface area contributed by atoms with Crippen molar-refractivity contribution in [3.8, 4) is 0 Å². The molecule has 0 amide bonds. The van der Waals surface area contributed by atoms with Crippen LogP contribution in [0, 0.1) is 5.82 Å². The number of benzene rings is 1. The fourth-order valence-corrected chi connectivity index (χ4v) is 1.14. The first-order valence-corrected chi connectivity index (χ1v) is 4.45. The molecule has 0 saturated carbocycles. The summed E-state index contributed by atoms with van der Waals surface area (Å²) in [5, 5.41) is 8.60. The fraction of sp³-hybridized carbons (Fsp3) is 0.300. The summed E-state index contributed by atoms with van der Waals surface area (Å²) in [6.07, 6.45) is -4.47. The van der Waals surface area contributed by atoms with E-state index < -0.39 is 31.2 Å². The zero-order valence-electron chi connectivity index (χ0n) is 8.42. The number of halogens is 4. The van der Waals surface area contributed by atoms with Crippen molar-refractivity contribution in [1.29, 1.82) is 0 Å². The van der Waals surface area contributed by atoms with Crippen LogP contribution in [-0.2, 0) is 11.3 Å². The van der Waals surface area contributed by atoms with Gasteiger partial charge in [0.1, 0.15) is 12.4 Å². The molecule has 0 unspecified atom stereocenters. The lowest BCUT2D eigenvalue weighted by molar-refractivity contribution is -0.176. The Hall–Kier alpha value is -1.63. The van der Waals surface area contributed by atoms with Crippen molar-refractivity contribution in [1.82, 2.24) is 0 Å². The number of hydrogen-bond donors (Lipinski definition) is 1. The first-order valence-electron chi connectivity index (χ1n) is 4.45. The second-order valence-corrected chi connectivity index (χ2v) is 3.26. The molecule has 7 heteroatoms. The van der Waals surface area contributed by atoms with Gasteiger partial charge in [-0.1, -0.05) is 0 Å². The van der Waals surface area contributed by atoms with Gasteiger partial charge in [0.2, 0.25) is 0 Å². The Labute approximate surface area is 93.6 Å². The molecule has 0 aliphatic heterocycles. The topological polar surface area (TPSA) is 46.5 Å². The van der Waals surface area contributed by atoms with Crippen molar-refractivity contribution in [2.24, 2.45) is 0 Å². The fourth-order valence-electron chi connectivity index (χ4n) is 1.14. The van der Waals surface area contributed by atoms with Crippen LogP contribution < -0.4 is 0 Å². The minimum absolute atomic E-state index is 0.0339. The number of hydrogen-bond acceptors (Lipinski definition) is 2. The van der Waals surface area contributed by atoms with Crippen molar-refractivity contribution in [3.05, 3.63) is 35.1 Å². The lowest BCUT2D eigenvalue weighted by atomic mass is 10.1. The SMILES string of the molecule is O=C(O)c1cc(F)cc(COCC(F)(F)F)c1. The van der Waals surface area contributed by atoms with Crippen LogP contribution in [0.25, 0.3) is 0 Å². The Balaban J connectivity index is 2.68. The quantitative estimate of drug-likeness (QED) is 0.838. The van der Waals surface area contributed by atoms with Gasteiger partial charge in [0, 0.05) is 0 Å². The number of carboxylic acid groups (broad SMARTS) is 1. The summed E-state index contributed by atoms with van der Waals surface area (Å²) in [4.78, 5) is 10.6. The second-order valence-electron chi connectivity index (χ2n) is 3.26. The second kappa shape index (κ2) is 5.13. The van der Waals surface area contributed by atoms with Crippen molar-refractivity contribution in [2.75, 3.05) is 6.61 Å². The van der Waals surface area contributed by atoms with Gasteiger partial charge in [0.25, 0.3) is 0 Å². The highest BCUT2D eigenvalue weighted by atomic mass is 19.4. The molecule has 1 N–H and O–H groups in total. The monoisotopic (exact) mass is 252 g/mol. The first kappa shape index (κ1) is 13.4. The third-order valence-electron chi connectivity index (χ3n) is 1.74. The van der Waals surface area contributed by atoms with Crippen LogP contribution in [0.15, 0.2) is 18.2 Å². The van der Waals surface area contributed by atoms with Gasteiger partial charge in [-0.2, -0.15) is 13.2 Å². The molecule has 1 rings (SSSR count). The third-order valence-corrected chi connectivity index (χ3v) is 1.74. The molecule has 0 spiro atoms. The summed E-state index contributed by atoms with van der Waals surface area (Å²) in [6, 6.07) is 2.75. The van der Waals surface area contributed by atoms with Crippen LogP contribution in [0.3, 0.4) is 0 Å². The number of ether oxygens (including phenoxy) is 1. The van der Waals surface area contributed by atoms with Crippen molar-refractivity contribution >= 4 is 5.97 Å². The summed E-state index contributed by atoms with van der Waals surface area (Å²) >= 11 is 0. The van der Waals surface area contributed by atoms with Crippen LogP contribution in [0.2, 0.25) is 0 Å². The standard InChI is InChI=1S/C10H8F4O3/c11-8-2-6(1-7(3-8)9(15)16)4-17-5-10(12,13)14/h1-3H,4-5H2,(H,15,16). The predicted octanol–water partition coefficient (Wildman–Crippen LogP) is 2.60. The number of alkyl halides is 3. The van der Waals surface area contributed by atoms with Gasteiger partial charge in [0.15, 0.2) is 0 Å². The van der Waals surface area contributed by atoms with E-state index in [0.29, 0.717) is 0 Å².